The van der Waals surface area contributed by atoms with Crippen LogP contribution in [0.25, 0.3) is 0 Å². The van der Waals surface area contributed by atoms with Crippen molar-refractivity contribution >= 4 is 5.97 Å². The summed E-state index contributed by atoms with van der Waals surface area (Å²) in [5, 5.41) is 7.26. The van der Waals surface area contributed by atoms with Gasteiger partial charge in [0.1, 0.15) is 5.54 Å². The van der Waals surface area contributed by atoms with Gasteiger partial charge in [0, 0.05) is 12.7 Å². The summed E-state index contributed by atoms with van der Waals surface area (Å²) in [5.74, 6) is -0.251. The Balaban J connectivity index is 2.61. The minimum atomic E-state index is -0.658. The lowest BCUT2D eigenvalue weighted by atomic mass is 9.98. The zero-order valence-corrected chi connectivity index (χ0v) is 10.3. The molecule has 0 saturated heterocycles. The third kappa shape index (κ3) is 2.82. The second kappa shape index (κ2) is 5.12. The molecule has 1 atom stereocenters. The number of hydrogen-bond acceptors (Lipinski definition) is 4. The minimum Gasteiger partial charge on any atom is -0.468 e. The second-order valence-corrected chi connectivity index (χ2v) is 4.04. The van der Waals surface area contributed by atoms with Crippen molar-refractivity contribution in [2.24, 2.45) is 0 Å². The quantitative estimate of drug-likeness (QED) is 0.751. The van der Waals surface area contributed by atoms with Gasteiger partial charge in [-0.25, -0.2) is 0 Å². The molecule has 0 bridgehead atoms. The van der Waals surface area contributed by atoms with Crippen molar-refractivity contribution in [2.45, 2.75) is 32.4 Å². The van der Waals surface area contributed by atoms with Crippen LogP contribution in [0.4, 0.5) is 0 Å². The average Bonchev–Trinajstić information content (AvgIpc) is 2.71. The second-order valence-electron chi connectivity index (χ2n) is 4.04. The zero-order chi connectivity index (χ0) is 12.2. The predicted octanol–water partition coefficient (Wildman–Crippen LogP) is 0.733. The Hall–Kier alpha value is -1.36. The summed E-state index contributed by atoms with van der Waals surface area (Å²) in [6.07, 6.45) is 2.54. The molecule has 90 valence electrons. The van der Waals surface area contributed by atoms with Crippen LogP contribution in [0.15, 0.2) is 12.3 Å². The number of nitrogens with one attached hydrogen (secondary N) is 1. The highest BCUT2D eigenvalue weighted by molar-refractivity contribution is 5.80. The molecular weight excluding hydrogens is 206 g/mol. The fourth-order valence-corrected chi connectivity index (χ4v) is 1.48. The van der Waals surface area contributed by atoms with E-state index < -0.39 is 5.54 Å². The Bertz CT molecular complexity index is 362. The first-order chi connectivity index (χ1) is 7.51. The van der Waals surface area contributed by atoms with Crippen molar-refractivity contribution in [1.29, 1.82) is 0 Å². The number of carbonyl (C=O) groups excluding carboxylic acids is 1. The van der Waals surface area contributed by atoms with E-state index in [0.717, 1.165) is 5.69 Å². The van der Waals surface area contributed by atoms with Gasteiger partial charge in [-0.05, 0) is 33.4 Å². The molecule has 0 fully saturated rings. The monoisotopic (exact) mass is 225 g/mol. The van der Waals surface area contributed by atoms with Crippen molar-refractivity contribution < 1.29 is 9.53 Å². The van der Waals surface area contributed by atoms with E-state index in [4.69, 9.17) is 4.74 Å². The van der Waals surface area contributed by atoms with Gasteiger partial charge in [-0.2, -0.15) is 5.10 Å². The molecule has 1 rings (SSSR count). The van der Waals surface area contributed by atoms with Crippen LogP contribution in [-0.4, -0.2) is 35.4 Å². The van der Waals surface area contributed by atoms with Crippen molar-refractivity contribution in [3.05, 3.63) is 18.0 Å². The van der Waals surface area contributed by atoms with E-state index in [2.05, 4.69) is 10.4 Å². The zero-order valence-electron chi connectivity index (χ0n) is 10.3. The Morgan fingerprint density at radius 1 is 1.69 bits per heavy atom. The number of aryl methyl sites for hydroxylation is 2. The number of rotatable bonds is 5. The maximum absolute atomic E-state index is 11.6. The molecule has 5 nitrogen and oxygen atoms in total. The van der Waals surface area contributed by atoms with Gasteiger partial charge in [0.05, 0.1) is 12.8 Å². The number of methoxy groups -OCH3 is 1. The van der Waals surface area contributed by atoms with E-state index in [1.165, 1.54) is 7.11 Å². The standard InChI is InChI=1S/C11H19N3O2/c1-9-5-7-14(13-9)8-6-11(2,12-3)10(15)16-4/h5,7,12H,6,8H2,1-4H3. The minimum absolute atomic E-state index is 0.251. The van der Waals surface area contributed by atoms with Gasteiger partial charge >= 0.3 is 5.97 Å². The summed E-state index contributed by atoms with van der Waals surface area (Å²) in [6, 6.07) is 1.94. The van der Waals surface area contributed by atoms with Gasteiger partial charge in [0.25, 0.3) is 0 Å². The maximum Gasteiger partial charge on any atom is 0.325 e. The average molecular weight is 225 g/mol. The lowest BCUT2D eigenvalue weighted by molar-refractivity contribution is -0.148. The molecule has 0 aliphatic heterocycles. The number of aromatic nitrogens is 2. The third-order valence-electron chi connectivity index (χ3n) is 2.80. The Kier molecular flexibility index (Phi) is 4.06. The van der Waals surface area contributed by atoms with Gasteiger partial charge in [0.15, 0.2) is 0 Å². The largest absolute Gasteiger partial charge is 0.468 e. The number of esters is 1. The van der Waals surface area contributed by atoms with E-state index in [0.29, 0.717) is 13.0 Å². The molecule has 16 heavy (non-hydrogen) atoms. The lowest BCUT2D eigenvalue weighted by Crippen LogP contribution is -2.49. The lowest BCUT2D eigenvalue weighted by Gasteiger charge is -2.25. The molecular formula is C11H19N3O2. The SMILES string of the molecule is CNC(C)(CCn1ccc(C)n1)C(=O)OC. The summed E-state index contributed by atoms with van der Waals surface area (Å²) in [5.41, 5.74) is 0.318. The molecule has 0 radical (unpaired) electrons. The highest BCUT2D eigenvalue weighted by Gasteiger charge is 2.32. The van der Waals surface area contributed by atoms with Crippen LogP contribution in [0.3, 0.4) is 0 Å². The molecule has 1 aromatic rings. The molecule has 5 heteroatoms. The number of ether oxygens (including phenoxy) is 1. The van der Waals surface area contributed by atoms with E-state index in [-0.39, 0.29) is 5.97 Å². The Morgan fingerprint density at radius 3 is 2.81 bits per heavy atom. The molecule has 0 aliphatic carbocycles. The summed E-state index contributed by atoms with van der Waals surface area (Å²) in [7, 11) is 3.15. The first kappa shape index (κ1) is 12.7. The van der Waals surface area contributed by atoms with Gasteiger partial charge < -0.3 is 10.1 Å². The summed E-state index contributed by atoms with van der Waals surface area (Å²) in [6.45, 7) is 4.45. The van der Waals surface area contributed by atoms with E-state index in [1.54, 1.807) is 7.05 Å². The normalized spacial score (nSPS) is 14.5. The third-order valence-corrected chi connectivity index (χ3v) is 2.80. The van der Waals surface area contributed by atoms with Gasteiger partial charge in [-0.1, -0.05) is 0 Å². The van der Waals surface area contributed by atoms with E-state index >= 15 is 0 Å². The van der Waals surface area contributed by atoms with Crippen LogP contribution in [-0.2, 0) is 16.1 Å². The topological polar surface area (TPSA) is 56.2 Å². The first-order valence-corrected chi connectivity index (χ1v) is 5.29. The maximum atomic E-state index is 11.6. The van der Waals surface area contributed by atoms with Crippen LogP contribution < -0.4 is 5.32 Å². The van der Waals surface area contributed by atoms with Crippen LogP contribution in [0.1, 0.15) is 19.0 Å². The Labute approximate surface area is 95.8 Å². The molecule has 0 saturated carbocycles. The molecule has 1 unspecified atom stereocenters. The predicted molar refractivity (Wildman–Crippen MR) is 61.1 cm³/mol. The number of nitrogens with zero attached hydrogens (tertiary/aromatic N) is 2. The molecule has 1 heterocycles. The van der Waals surface area contributed by atoms with Crippen LogP contribution in [0.2, 0.25) is 0 Å². The summed E-state index contributed by atoms with van der Waals surface area (Å²) in [4.78, 5) is 11.6. The van der Waals surface area contributed by atoms with Crippen molar-refractivity contribution in [3.63, 3.8) is 0 Å². The summed E-state index contributed by atoms with van der Waals surface area (Å²) < 4.78 is 6.60. The molecule has 1 aromatic heterocycles. The van der Waals surface area contributed by atoms with Crippen LogP contribution in [0.5, 0.6) is 0 Å². The van der Waals surface area contributed by atoms with Crippen LogP contribution >= 0.6 is 0 Å². The fraction of sp³-hybridized carbons (Fsp3) is 0.636. The van der Waals surface area contributed by atoms with Crippen LogP contribution in [0, 0.1) is 6.92 Å². The van der Waals surface area contributed by atoms with Gasteiger partial charge in [-0.15, -0.1) is 0 Å². The molecule has 1 N–H and O–H groups in total. The number of carbonyl (C=O) groups is 1. The Morgan fingerprint density at radius 2 is 2.38 bits per heavy atom. The van der Waals surface area contributed by atoms with Gasteiger partial charge in [-0.3, -0.25) is 9.48 Å². The van der Waals surface area contributed by atoms with Crippen molar-refractivity contribution in [2.75, 3.05) is 14.2 Å². The van der Waals surface area contributed by atoms with Crippen molar-refractivity contribution in [1.82, 2.24) is 15.1 Å². The first-order valence-electron chi connectivity index (χ1n) is 5.29. The van der Waals surface area contributed by atoms with E-state index in [9.17, 15) is 4.79 Å². The molecule has 0 aromatic carbocycles. The summed E-state index contributed by atoms with van der Waals surface area (Å²) >= 11 is 0. The molecule has 0 amide bonds. The molecule has 0 spiro atoms. The highest BCUT2D eigenvalue weighted by Crippen LogP contribution is 2.12. The fourth-order valence-electron chi connectivity index (χ4n) is 1.48. The molecule has 0 aliphatic rings. The van der Waals surface area contributed by atoms with Crippen molar-refractivity contribution in [3.8, 4) is 0 Å². The smallest absolute Gasteiger partial charge is 0.325 e. The van der Waals surface area contributed by atoms with E-state index in [1.807, 2.05) is 30.8 Å². The van der Waals surface area contributed by atoms with Gasteiger partial charge in [0.2, 0.25) is 0 Å². The highest BCUT2D eigenvalue weighted by atomic mass is 16.5. The number of likely N-dealkylation sites (N-methyl/N-ethyl adjacent to an activating group) is 1. The number of hydrogen-bond donors (Lipinski definition) is 1.